The molecular weight excluding hydrogens is 508 g/mol. The average molecular weight is 546 g/mol. The van der Waals surface area contributed by atoms with Crippen LogP contribution in [-0.4, -0.2) is 70.3 Å². The summed E-state index contributed by atoms with van der Waals surface area (Å²) < 4.78 is 0.836. The first-order chi connectivity index (χ1) is 19.2. The average Bonchev–Trinajstić information content (AvgIpc) is 2.94. The minimum absolute atomic E-state index is 0.0294. The number of hydrogen-bond donors (Lipinski definition) is 4. The van der Waals surface area contributed by atoms with Crippen LogP contribution >= 0.6 is 0 Å². The van der Waals surface area contributed by atoms with Gasteiger partial charge in [0.1, 0.15) is 18.0 Å². The van der Waals surface area contributed by atoms with Crippen LogP contribution in [0.5, 0.6) is 11.5 Å². The molecule has 0 aliphatic heterocycles. The Morgan fingerprint density at radius 1 is 0.875 bits per heavy atom. The van der Waals surface area contributed by atoms with Crippen LogP contribution in [0.25, 0.3) is 0 Å². The molecule has 4 N–H and O–H groups in total. The second kappa shape index (κ2) is 14.0. The molecule has 0 aromatic heterocycles. The quantitative estimate of drug-likeness (QED) is 0.134. The Morgan fingerprint density at radius 3 is 2.23 bits per heavy atom. The fourth-order valence-electron chi connectivity index (χ4n) is 4.46. The fourth-order valence-corrected chi connectivity index (χ4v) is 4.46. The van der Waals surface area contributed by atoms with Gasteiger partial charge in [-0.25, -0.2) is 4.79 Å². The van der Waals surface area contributed by atoms with Crippen LogP contribution in [0.15, 0.2) is 70.6 Å². The number of phenols is 2. The van der Waals surface area contributed by atoms with Gasteiger partial charge in [-0.1, -0.05) is 12.1 Å². The highest BCUT2D eigenvalue weighted by Gasteiger charge is 2.23. The molecule has 0 atom stereocenters. The SMILES string of the molecule is CC[N+](CC)(CCCNC(C)=O)Cc1ccc(O)c(C=Nc2ccc(C(=O)O)cc2N=Cc2ccccc2O)c1. The number of amides is 1. The van der Waals surface area contributed by atoms with Crippen molar-refractivity contribution < 1.29 is 29.4 Å². The van der Waals surface area contributed by atoms with Crippen molar-refractivity contribution in [3.05, 3.63) is 82.9 Å². The predicted octanol–water partition coefficient (Wildman–Crippen LogP) is 5.18. The number of carbonyl (C=O) groups excluding carboxylic acids is 1. The van der Waals surface area contributed by atoms with Crippen molar-refractivity contribution in [3.8, 4) is 11.5 Å². The number of carboxylic acid groups (broad SMARTS) is 1. The maximum Gasteiger partial charge on any atom is 0.335 e. The van der Waals surface area contributed by atoms with Crippen molar-refractivity contribution in [2.45, 2.75) is 33.7 Å². The van der Waals surface area contributed by atoms with Gasteiger partial charge >= 0.3 is 5.97 Å². The predicted molar refractivity (Wildman–Crippen MR) is 157 cm³/mol. The molecule has 0 unspecified atom stereocenters. The lowest BCUT2D eigenvalue weighted by molar-refractivity contribution is -0.937. The molecule has 0 radical (unpaired) electrons. The van der Waals surface area contributed by atoms with Crippen molar-refractivity contribution in [3.63, 3.8) is 0 Å². The van der Waals surface area contributed by atoms with Crippen molar-refractivity contribution >= 4 is 35.7 Å². The number of aliphatic imine (C=N–C) groups is 2. The molecule has 0 heterocycles. The van der Waals surface area contributed by atoms with Crippen LogP contribution < -0.4 is 5.32 Å². The molecule has 0 bridgehead atoms. The maximum atomic E-state index is 11.5. The molecule has 0 saturated carbocycles. The van der Waals surface area contributed by atoms with Gasteiger partial charge in [0, 0.05) is 49.0 Å². The van der Waals surface area contributed by atoms with Crippen LogP contribution in [0, 0.1) is 0 Å². The number of para-hydroxylation sites is 1. The fraction of sp³-hybridized carbons (Fsp3) is 0.290. The highest BCUT2D eigenvalue weighted by Crippen LogP contribution is 2.30. The summed E-state index contributed by atoms with van der Waals surface area (Å²) in [7, 11) is 0. The number of phenolic OH excluding ortho intramolecular Hbond substituents is 2. The third-order valence-electron chi connectivity index (χ3n) is 6.98. The monoisotopic (exact) mass is 545 g/mol. The van der Waals surface area contributed by atoms with E-state index in [-0.39, 0.29) is 23.0 Å². The molecule has 0 fully saturated rings. The zero-order valence-corrected chi connectivity index (χ0v) is 23.2. The topological polar surface area (TPSA) is 132 Å². The molecule has 9 heteroatoms. The number of hydrogen-bond acceptors (Lipinski definition) is 6. The maximum absolute atomic E-state index is 11.5. The summed E-state index contributed by atoms with van der Waals surface area (Å²) in [6.45, 7) is 9.99. The summed E-state index contributed by atoms with van der Waals surface area (Å²) in [6.07, 6.45) is 3.85. The lowest BCUT2D eigenvalue weighted by Crippen LogP contribution is -2.48. The molecule has 210 valence electrons. The van der Waals surface area contributed by atoms with Crippen molar-refractivity contribution in [1.29, 1.82) is 0 Å². The molecular formula is C31H37N4O5+. The molecule has 0 aliphatic rings. The van der Waals surface area contributed by atoms with E-state index in [9.17, 15) is 24.9 Å². The molecule has 0 spiro atoms. The summed E-state index contributed by atoms with van der Waals surface area (Å²) in [5.74, 6) is -0.995. The Balaban J connectivity index is 1.88. The molecule has 3 aromatic rings. The van der Waals surface area contributed by atoms with Gasteiger partial charge in [-0.3, -0.25) is 14.8 Å². The number of carbonyl (C=O) groups is 2. The summed E-state index contributed by atoms with van der Waals surface area (Å²) in [4.78, 5) is 31.7. The van der Waals surface area contributed by atoms with Gasteiger partial charge in [0.05, 0.1) is 36.6 Å². The highest BCUT2D eigenvalue weighted by atomic mass is 16.4. The van der Waals surface area contributed by atoms with E-state index in [0.29, 0.717) is 29.0 Å². The third-order valence-corrected chi connectivity index (χ3v) is 6.98. The molecule has 0 saturated heterocycles. The van der Waals surface area contributed by atoms with Crippen molar-refractivity contribution in [2.24, 2.45) is 9.98 Å². The summed E-state index contributed by atoms with van der Waals surface area (Å²) in [6, 6.07) is 16.6. The van der Waals surface area contributed by atoms with Crippen LogP contribution in [0.4, 0.5) is 11.4 Å². The standard InChI is InChI=1S/C31H36N4O5/c1-4-35(5-2,16-8-15-32-22(3)36)21-23-11-14-30(38)26(17-23)20-33-27-13-12-24(31(39)40)18-28(27)34-19-25-9-6-7-10-29(25)37/h6-7,9-14,17-20H,4-5,8,15-16,21H2,1-3H3,(H3-,32,33,34,36,37,38,39,40)/p+1. The number of carboxylic acids is 1. The minimum atomic E-state index is -1.09. The Morgan fingerprint density at radius 2 is 1.55 bits per heavy atom. The van der Waals surface area contributed by atoms with E-state index in [0.717, 1.165) is 42.6 Å². The van der Waals surface area contributed by atoms with E-state index >= 15 is 0 Å². The molecule has 3 aromatic carbocycles. The number of nitrogens with one attached hydrogen (secondary N) is 1. The van der Waals surface area contributed by atoms with Crippen LogP contribution in [0.3, 0.4) is 0 Å². The zero-order valence-electron chi connectivity index (χ0n) is 23.2. The lowest BCUT2D eigenvalue weighted by atomic mass is 10.1. The zero-order chi connectivity index (χ0) is 29.1. The first-order valence-electron chi connectivity index (χ1n) is 13.3. The molecule has 3 rings (SSSR count). The Bertz CT molecular complexity index is 1400. The van der Waals surface area contributed by atoms with Gasteiger partial charge in [-0.2, -0.15) is 0 Å². The van der Waals surface area contributed by atoms with Gasteiger partial charge in [0.15, 0.2) is 0 Å². The van der Waals surface area contributed by atoms with Gasteiger partial charge in [0.2, 0.25) is 5.91 Å². The third kappa shape index (κ3) is 8.25. The molecule has 9 nitrogen and oxygen atoms in total. The number of quaternary nitrogens is 1. The van der Waals surface area contributed by atoms with E-state index < -0.39 is 5.97 Å². The first kappa shape index (κ1) is 30.0. The van der Waals surface area contributed by atoms with Crippen LogP contribution in [0.2, 0.25) is 0 Å². The van der Waals surface area contributed by atoms with E-state index in [2.05, 4.69) is 29.1 Å². The smallest absolute Gasteiger partial charge is 0.335 e. The van der Waals surface area contributed by atoms with Gasteiger partial charge in [-0.15, -0.1) is 0 Å². The number of nitrogens with zero attached hydrogens (tertiary/aromatic N) is 3. The van der Waals surface area contributed by atoms with E-state index in [1.807, 2.05) is 12.1 Å². The number of aromatic carboxylic acids is 1. The largest absolute Gasteiger partial charge is 0.507 e. The number of benzene rings is 3. The van der Waals surface area contributed by atoms with Crippen LogP contribution in [0.1, 0.15) is 54.2 Å². The minimum Gasteiger partial charge on any atom is -0.507 e. The Hall–Kier alpha value is -4.50. The highest BCUT2D eigenvalue weighted by molar-refractivity contribution is 5.93. The van der Waals surface area contributed by atoms with Crippen molar-refractivity contribution in [1.82, 2.24) is 5.32 Å². The summed E-state index contributed by atoms with van der Waals surface area (Å²) >= 11 is 0. The van der Waals surface area contributed by atoms with Crippen molar-refractivity contribution in [2.75, 3.05) is 26.2 Å². The van der Waals surface area contributed by atoms with Gasteiger partial charge < -0.3 is 25.1 Å². The second-order valence-electron chi connectivity index (χ2n) is 9.67. The van der Waals surface area contributed by atoms with Crippen LogP contribution in [-0.2, 0) is 11.3 Å². The number of rotatable bonds is 13. The van der Waals surface area contributed by atoms with Gasteiger partial charge in [-0.05, 0) is 62.4 Å². The Kier molecular flexibility index (Phi) is 10.6. The number of aromatic hydroxyl groups is 2. The summed E-state index contributed by atoms with van der Waals surface area (Å²) in [5.41, 5.74) is 2.82. The van der Waals surface area contributed by atoms with E-state index in [4.69, 9.17) is 0 Å². The summed E-state index contributed by atoms with van der Waals surface area (Å²) in [5, 5.41) is 32.9. The molecule has 1 amide bonds. The van der Waals surface area contributed by atoms with Gasteiger partial charge in [0.25, 0.3) is 0 Å². The molecule has 0 aliphatic carbocycles. The normalized spacial score (nSPS) is 11.8. The molecule has 40 heavy (non-hydrogen) atoms. The Labute approximate surface area is 234 Å². The first-order valence-corrected chi connectivity index (χ1v) is 13.3. The lowest BCUT2D eigenvalue weighted by Gasteiger charge is -2.37. The van der Waals surface area contributed by atoms with E-state index in [1.54, 1.807) is 30.3 Å². The van der Waals surface area contributed by atoms with E-state index in [1.165, 1.54) is 37.6 Å². The second-order valence-corrected chi connectivity index (χ2v) is 9.67.